The molecule has 0 saturated heterocycles. The fourth-order valence-electron chi connectivity index (χ4n) is 3.67. The smallest absolute Gasteiger partial charge is 0.287 e. The van der Waals surface area contributed by atoms with Gasteiger partial charge in [-0.15, -0.1) is 15.7 Å². The van der Waals surface area contributed by atoms with Gasteiger partial charge in [0.1, 0.15) is 27.0 Å². The monoisotopic (exact) mass is 528 g/mol. The summed E-state index contributed by atoms with van der Waals surface area (Å²) in [7, 11) is -7.85. The molecule has 1 aromatic heterocycles. The number of hydrogen-bond acceptors (Lipinski definition) is 8. The van der Waals surface area contributed by atoms with Gasteiger partial charge in [0.05, 0.1) is 6.26 Å². The van der Waals surface area contributed by atoms with Crippen LogP contribution in [0.15, 0.2) is 50.3 Å². The first-order valence-corrected chi connectivity index (χ1v) is 14.2. The van der Waals surface area contributed by atoms with Gasteiger partial charge in [0.2, 0.25) is 10.0 Å². The van der Waals surface area contributed by atoms with E-state index >= 15 is 0 Å². The summed E-state index contributed by atoms with van der Waals surface area (Å²) >= 11 is 1.01. The van der Waals surface area contributed by atoms with Gasteiger partial charge in [-0.25, -0.2) is 17.5 Å². The number of rotatable bonds is 6. The number of nitrogens with zero attached hydrogens (tertiary/aromatic N) is 2. The lowest BCUT2D eigenvalue weighted by atomic mass is 9.96. The Morgan fingerprint density at radius 1 is 1.32 bits per heavy atom. The molecule has 0 fully saturated rings. The molecule has 10 nitrogen and oxygen atoms in total. The van der Waals surface area contributed by atoms with E-state index < -0.39 is 37.7 Å². The molecule has 1 unspecified atom stereocenters. The van der Waals surface area contributed by atoms with Crippen LogP contribution in [0.4, 0.5) is 9.39 Å². The van der Waals surface area contributed by atoms with E-state index in [1.807, 2.05) is 0 Å². The summed E-state index contributed by atoms with van der Waals surface area (Å²) in [5, 5.41) is 15.1. The van der Waals surface area contributed by atoms with Gasteiger partial charge in [0, 0.05) is 31.1 Å². The number of amides is 1. The van der Waals surface area contributed by atoms with Crippen molar-refractivity contribution in [3.05, 3.63) is 57.9 Å². The minimum Gasteiger partial charge on any atom is -0.511 e. The maximum absolute atomic E-state index is 13.2. The third-order valence-electron chi connectivity index (χ3n) is 5.28. The lowest BCUT2D eigenvalue weighted by Gasteiger charge is -2.33. The molecule has 0 spiro atoms. The minimum absolute atomic E-state index is 0.131. The fraction of sp³-hybridized carbons (Fsp3) is 0.300. The van der Waals surface area contributed by atoms with Gasteiger partial charge >= 0.3 is 0 Å². The Kier molecular flexibility index (Phi) is 6.27. The van der Waals surface area contributed by atoms with E-state index in [0.29, 0.717) is 5.56 Å². The van der Waals surface area contributed by atoms with Crippen molar-refractivity contribution in [2.75, 3.05) is 18.1 Å². The van der Waals surface area contributed by atoms with Crippen LogP contribution in [0.5, 0.6) is 0 Å². The largest absolute Gasteiger partial charge is 0.511 e. The summed E-state index contributed by atoms with van der Waals surface area (Å²) in [4.78, 5) is 14.5. The number of anilines is 1. The predicted molar refractivity (Wildman–Crippen MR) is 125 cm³/mol. The van der Waals surface area contributed by atoms with Crippen molar-refractivity contribution >= 4 is 48.1 Å². The maximum Gasteiger partial charge on any atom is 0.287 e. The van der Waals surface area contributed by atoms with Crippen molar-refractivity contribution in [3.63, 3.8) is 0 Å². The van der Waals surface area contributed by atoms with Crippen molar-refractivity contribution in [2.24, 2.45) is 10.3 Å². The zero-order valence-electron chi connectivity index (χ0n) is 18.1. The molecule has 1 amide bonds. The highest BCUT2D eigenvalue weighted by Gasteiger charge is 2.39. The third-order valence-corrected chi connectivity index (χ3v) is 8.43. The normalized spacial score (nSPS) is 20.1. The Bertz CT molecular complexity index is 1430. The summed E-state index contributed by atoms with van der Waals surface area (Å²) in [6.07, 6.45) is 0.956. The van der Waals surface area contributed by atoms with E-state index in [4.69, 9.17) is 0 Å². The average molecular weight is 529 g/mol. The molecule has 34 heavy (non-hydrogen) atoms. The SMILES string of the molecule is CC1CN(Cc2ccc(F)cc2)C(=O)C(C2=NS(=O)(=O)c3c(CNS(C)(=O)=O)csc3N2)=C1O. The highest BCUT2D eigenvalue weighted by Crippen LogP contribution is 2.38. The van der Waals surface area contributed by atoms with E-state index in [9.17, 15) is 31.1 Å². The molecule has 3 N–H and O–H groups in total. The molecule has 2 aromatic rings. The number of benzene rings is 1. The first-order chi connectivity index (χ1) is 15.9. The van der Waals surface area contributed by atoms with Crippen molar-refractivity contribution < 1.29 is 31.1 Å². The Morgan fingerprint density at radius 3 is 2.65 bits per heavy atom. The van der Waals surface area contributed by atoms with Crippen LogP contribution in [0.1, 0.15) is 18.1 Å². The van der Waals surface area contributed by atoms with E-state index in [2.05, 4.69) is 14.4 Å². The minimum atomic E-state index is -4.30. The maximum atomic E-state index is 13.2. The fourth-order valence-corrected chi connectivity index (χ4v) is 6.69. The molecule has 3 heterocycles. The molecular weight excluding hydrogens is 507 g/mol. The topological polar surface area (TPSA) is 145 Å². The molecule has 2 aliphatic rings. The Balaban J connectivity index is 1.66. The number of amidine groups is 1. The Morgan fingerprint density at radius 2 is 2.00 bits per heavy atom. The molecule has 14 heteroatoms. The molecule has 0 aliphatic carbocycles. The standard InChI is InChI=1S/C20H21FN4O6S3/c1-11-8-25(9-12-3-5-14(21)6-4-12)20(27)15(16(11)26)18-23-19-17(34(30,31)24-18)13(10-32-19)7-22-33(2,28)29/h3-6,10-11,22,26H,7-9H2,1-2H3,(H,23,24). The zero-order valence-corrected chi connectivity index (χ0v) is 20.5. The molecule has 4 rings (SSSR count). The van der Waals surface area contributed by atoms with E-state index in [1.165, 1.54) is 34.5 Å². The van der Waals surface area contributed by atoms with Crippen molar-refractivity contribution in [2.45, 2.75) is 24.9 Å². The Labute approximate surface area is 199 Å². The highest BCUT2D eigenvalue weighted by atomic mass is 32.2. The first kappa shape index (κ1) is 24.3. The summed E-state index contributed by atoms with van der Waals surface area (Å²) < 4.78 is 67.9. The van der Waals surface area contributed by atoms with Gasteiger partial charge in [0.25, 0.3) is 15.9 Å². The molecule has 1 aromatic carbocycles. The number of fused-ring (bicyclic) bond motifs is 1. The number of sulfonamides is 2. The van der Waals surface area contributed by atoms with Gasteiger partial charge in [-0.3, -0.25) is 4.79 Å². The lowest BCUT2D eigenvalue weighted by Crippen LogP contribution is -2.44. The lowest BCUT2D eigenvalue weighted by molar-refractivity contribution is -0.129. The van der Waals surface area contributed by atoms with Gasteiger partial charge in [-0.1, -0.05) is 19.1 Å². The zero-order chi connectivity index (χ0) is 24.8. The number of aliphatic hydroxyl groups is 1. The quantitative estimate of drug-likeness (QED) is 0.519. The van der Waals surface area contributed by atoms with Gasteiger partial charge < -0.3 is 15.3 Å². The van der Waals surface area contributed by atoms with Crippen molar-refractivity contribution in [3.8, 4) is 0 Å². The summed E-state index contributed by atoms with van der Waals surface area (Å²) in [6, 6.07) is 5.62. The van der Waals surface area contributed by atoms with Crippen LogP contribution in [-0.2, 0) is 37.9 Å². The second-order valence-electron chi connectivity index (χ2n) is 8.03. The van der Waals surface area contributed by atoms with Crippen LogP contribution in [0.25, 0.3) is 0 Å². The van der Waals surface area contributed by atoms with E-state index in [-0.39, 0.29) is 52.3 Å². The number of hydrogen-bond donors (Lipinski definition) is 3. The molecule has 0 radical (unpaired) electrons. The number of thiophene rings is 1. The first-order valence-electron chi connectivity index (χ1n) is 10.00. The van der Waals surface area contributed by atoms with Crippen molar-refractivity contribution in [1.29, 1.82) is 0 Å². The second-order valence-corrected chi connectivity index (χ2v) is 12.3. The predicted octanol–water partition coefficient (Wildman–Crippen LogP) is 1.94. The van der Waals surface area contributed by atoms with Crippen LogP contribution in [0.3, 0.4) is 0 Å². The number of aliphatic hydroxyl groups excluding tert-OH is 1. The molecule has 0 bridgehead atoms. The van der Waals surface area contributed by atoms with Crippen LogP contribution in [0.2, 0.25) is 0 Å². The molecule has 1 atom stereocenters. The molecule has 182 valence electrons. The third kappa shape index (κ3) is 4.85. The summed E-state index contributed by atoms with van der Waals surface area (Å²) in [5.41, 5.74) is 0.608. The van der Waals surface area contributed by atoms with Gasteiger partial charge in [-0.2, -0.15) is 8.42 Å². The van der Waals surface area contributed by atoms with Gasteiger partial charge in [-0.05, 0) is 23.1 Å². The summed E-state index contributed by atoms with van der Waals surface area (Å²) in [6.45, 7) is 1.75. The molecule has 0 saturated carbocycles. The van der Waals surface area contributed by atoms with Crippen molar-refractivity contribution in [1.82, 2.24) is 9.62 Å². The summed E-state index contributed by atoms with van der Waals surface area (Å²) in [5.74, 6) is -2.14. The van der Waals surface area contributed by atoms with Gasteiger partial charge in [0.15, 0.2) is 5.84 Å². The number of nitrogens with one attached hydrogen (secondary N) is 2. The molecule has 2 aliphatic heterocycles. The Hall–Kier alpha value is -2.81. The van der Waals surface area contributed by atoms with E-state index in [0.717, 1.165) is 17.6 Å². The highest BCUT2D eigenvalue weighted by molar-refractivity contribution is 7.91. The number of carbonyl (C=O) groups is 1. The van der Waals surface area contributed by atoms with Crippen LogP contribution >= 0.6 is 11.3 Å². The van der Waals surface area contributed by atoms with E-state index in [1.54, 1.807) is 6.92 Å². The number of halogens is 1. The van der Waals surface area contributed by atoms with Crippen LogP contribution in [0, 0.1) is 11.7 Å². The number of carbonyl (C=O) groups excluding carboxylic acids is 1. The van der Waals surface area contributed by atoms with Crippen LogP contribution < -0.4 is 10.0 Å². The second kappa shape index (κ2) is 8.76. The average Bonchev–Trinajstić information content (AvgIpc) is 3.15. The van der Waals surface area contributed by atoms with Crippen LogP contribution in [-0.4, -0.2) is 51.4 Å². The molecular formula is C20H21FN4O6S3.